The van der Waals surface area contributed by atoms with E-state index in [4.69, 9.17) is 0 Å². The minimum Gasteiger partial charge on any atom is -0.352 e. The van der Waals surface area contributed by atoms with Crippen molar-refractivity contribution in [3.63, 3.8) is 0 Å². The van der Waals surface area contributed by atoms with E-state index in [1.54, 1.807) is 0 Å². The van der Waals surface area contributed by atoms with Gasteiger partial charge in [0.05, 0.1) is 17.6 Å². The summed E-state index contributed by atoms with van der Waals surface area (Å²) in [5.74, 6) is 1.03. The van der Waals surface area contributed by atoms with Crippen LogP contribution in [0.1, 0.15) is 11.4 Å². The standard InChI is InChI=1S/C11H19N5/c1-9-8-13-11(10(2)14-9)15-4-6-16(12-3)7-5-15/h8,12H,4-7H2,1-3H3. The Morgan fingerprint density at radius 3 is 2.44 bits per heavy atom. The number of hydrogen-bond donors (Lipinski definition) is 1. The van der Waals surface area contributed by atoms with Gasteiger partial charge >= 0.3 is 0 Å². The van der Waals surface area contributed by atoms with Gasteiger partial charge in [0.2, 0.25) is 0 Å². The van der Waals surface area contributed by atoms with E-state index in [1.165, 1.54) is 0 Å². The minimum absolute atomic E-state index is 0.982. The van der Waals surface area contributed by atoms with Gasteiger partial charge in [-0.1, -0.05) is 0 Å². The highest BCUT2D eigenvalue weighted by atomic mass is 15.5. The minimum atomic E-state index is 0.982. The molecule has 0 radical (unpaired) electrons. The summed E-state index contributed by atoms with van der Waals surface area (Å²) in [5, 5.41) is 2.22. The second-order valence-corrected chi connectivity index (χ2v) is 4.12. The molecule has 1 saturated heterocycles. The van der Waals surface area contributed by atoms with E-state index in [1.807, 2.05) is 27.1 Å². The summed E-state index contributed by atoms with van der Waals surface area (Å²) in [6, 6.07) is 0. The zero-order chi connectivity index (χ0) is 11.5. The summed E-state index contributed by atoms with van der Waals surface area (Å²) in [5.41, 5.74) is 5.18. The fourth-order valence-corrected chi connectivity index (χ4v) is 2.04. The molecule has 0 aliphatic carbocycles. The molecule has 1 aliphatic heterocycles. The van der Waals surface area contributed by atoms with Gasteiger partial charge in [0.1, 0.15) is 5.82 Å². The Balaban J connectivity index is 2.08. The predicted octanol–water partition coefficient (Wildman–Crippen LogP) is 0.350. The van der Waals surface area contributed by atoms with Crippen molar-refractivity contribution in [3.8, 4) is 0 Å². The normalized spacial score (nSPS) is 17.8. The van der Waals surface area contributed by atoms with Gasteiger partial charge in [-0.05, 0) is 20.9 Å². The smallest absolute Gasteiger partial charge is 0.150 e. The maximum atomic E-state index is 4.48. The van der Waals surface area contributed by atoms with E-state index in [2.05, 4.69) is 25.3 Å². The fraction of sp³-hybridized carbons (Fsp3) is 0.636. The molecule has 2 heterocycles. The molecular weight excluding hydrogens is 202 g/mol. The van der Waals surface area contributed by atoms with E-state index in [0.29, 0.717) is 0 Å². The molecule has 5 nitrogen and oxygen atoms in total. The maximum absolute atomic E-state index is 4.48. The van der Waals surface area contributed by atoms with Gasteiger partial charge < -0.3 is 4.90 Å². The lowest BCUT2D eigenvalue weighted by molar-refractivity contribution is 0.195. The lowest BCUT2D eigenvalue weighted by atomic mass is 10.3. The molecule has 0 amide bonds. The number of rotatable bonds is 2. The molecule has 88 valence electrons. The van der Waals surface area contributed by atoms with Crippen molar-refractivity contribution in [1.29, 1.82) is 0 Å². The summed E-state index contributed by atoms with van der Waals surface area (Å²) in [4.78, 5) is 11.2. The quantitative estimate of drug-likeness (QED) is 0.780. The van der Waals surface area contributed by atoms with Crippen molar-refractivity contribution >= 4 is 5.82 Å². The lowest BCUT2D eigenvalue weighted by Gasteiger charge is -2.35. The van der Waals surface area contributed by atoms with Crippen LogP contribution in [0.2, 0.25) is 0 Å². The number of nitrogens with one attached hydrogen (secondary N) is 1. The Kier molecular flexibility index (Phi) is 3.36. The Hall–Kier alpha value is -1.20. The Morgan fingerprint density at radius 2 is 1.88 bits per heavy atom. The third-order valence-corrected chi connectivity index (χ3v) is 2.94. The van der Waals surface area contributed by atoms with Gasteiger partial charge in [-0.3, -0.25) is 10.4 Å². The highest BCUT2D eigenvalue weighted by Gasteiger charge is 2.18. The van der Waals surface area contributed by atoms with E-state index < -0.39 is 0 Å². The van der Waals surface area contributed by atoms with Crippen LogP contribution in [0, 0.1) is 13.8 Å². The first-order chi connectivity index (χ1) is 7.70. The summed E-state index contributed by atoms with van der Waals surface area (Å²) < 4.78 is 0. The molecule has 1 aromatic heterocycles. The Bertz CT molecular complexity index is 357. The number of anilines is 1. The third-order valence-electron chi connectivity index (χ3n) is 2.94. The molecule has 0 aromatic carbocycles. The topological polar surface area (TPSA) is 44.3 Å². The zero-order valence-electron chi connectivity index (χ0n) is 10.2. The molecule has 1 aromatic rings. The highest BCUT2D eigenvalue weighted by molar-refractivity contribution is 5.43. The fourth-order valence-electron chi connectivity index (χ4n) is 2.04. The zero-order valence-corrected chi connectivity index (χ0v) is 10.2. The van der Waals surface area contributed by atoms with Crippen LogP contribution in [0.5, 0.6) is 0 Å². The average Bonchev–Trinajstić information content (AvgIpc) is 2.29. The second-order valence-electron chi connectivity index (χ2n) is 4.12. The number of nitrogens with zero attached hydrogens (tertiary/aromatic N) is 4. The second kappa shape index (κ2) is 4.76. The van der Waals surface area contributed by atoms with E-state index >= 15 is 0 Å². The number of piperazine rings is 1. The van der Waals surface area contributed by atoms with Crippen molar-refractivity contribution in [2.75, 3.05) is 38.1 Å². The van der Waals surface area contributed by atoms with Gasteiger partial charge in [-0.2, -0.15) is 0 Å². The largest absolute Gasteiger partial charge is 0.352 e. The van der Waals surface area contributed by atoms with Gasteiger partial charge in [-0.25, -0.2) is 9.99 Å². The average molecular weight is 221 g/mol. The summed E-state index contributed by atoms with van der Waals surface area (Å²) >= 11 is 0. The van der Waals surface area contributed by atoms with E-state index in [0.717, 1.165) is 43.4 Å². The summed E-state index contributed by atoms with van der Waals surface area (Å²) in [6.45, 7) is 8.04. The molecule has 1 N–H and O–H groups in total. The van der Waals surface area contributed by atoms with Crippen molar-refractivity contribution in [2.45, 2.75) is 13.8 Å². The molecule has 16 heavy (non-hydrogen) atoms. The Morgan fingerprint density at radius 1 is 1.19 bits per heavy atom. The van der Waals surface area contributed by atoms with Crippen molar-refractivity contribution in [3.05, 3.63) is 17.6 Å². The van der Waals surface area contributed by atoms with Gasteiger partial charge in [0, 0.05) is 26.2 Å². The number of hydrazine groups is 1. The molecule has 0 spiro atoms. The van der Waals surface area contributed by atoms with Crippen LogP contribution in [0.4, 0.5) is 5.82 Å². The van der Waals surface area contributed by atoms with E-state index in [9.17, 15) is 0 Å². The summed E-state index contributed by atoms with van der Waals surface area (Å²) in [7, 11) is 1.96. The van der Waals surface area contributed by atoms with E-state index in [-0.39, 0.29) is 0 Å². The van der Waals surface area contributed by atoms with Crippen LogP contribution in [0.3, 0.4) is 0 Å². The molecule has 5 heteroatoms. The molecule has 1 fully saturated rings. The highest BCUT2D eigenvalue weighted by Crippen LogP contribution is 2.16. The molecular formula is C11H19N5. The van der Waals surface area contributed by atoms with Crippen LogP contribution in [0.25, 0.3) is 0 Å². The molecule has 0 unspecified atom stereocenters. The number of aryl methyl sites for hydroxylation is 2. The van der Waals surface area contributed by atoms with Gasteiger partial charge in [-0.15, -0.1) is 0 Å². The summed E-state index contributed by atoms with van der Waals surface area (Å²) in [6.07, 6.45) is 1.84. The molecule has 0 bridgehead atoms. The first-order valence-electron chi connectivity index (χ1n) is 5.68. The SMILES string of the molecule is CNN1CCN(c2ncc(C)nc2C)CC1. The van der Waals surface area contributed by atoms with Crippen LogP contribution in [0.15, 0.2) is 6.20 Å². The molecule has 1 aliphatic rings. The number of aromatic nitrogens is 2. The lowest BCUT2D eigenvalue weighted by Crippen LogP contribution is -2.51. The third kappa shape index (κ3) is 2.31. The van der Waals surface area contributed by atoms with Gasteiger partial charge in [0.15, 0.2) is 0 Å². The van der Waals surface area contributed by atoms with Crippen LogP contribution < -0.4 is 10.3 Å². The predicted molar refractivity (Wildman–Crippen MR) is 64.4 cm³/mol. The van der Waals surface area contributed by atoms with Crippen molar-refractivity contribution in [1.82, 2.24) is 20.4 Å². The monoisotopic (exact) mass is 221 g/mol. The van der Waals surface area contributed by atoms with Crippen LogP contribution in [-0.4, -0.2) is 48.2 Å². The van der Waals surface area contributed by atoms with Gasteiger partial charge in [0.25, 0.3) is 0 Å². The first kappa shape index (κ1) is 11.3. The molecule has 2 rings (SSSR count). The number of hydrogen-bond acceptors (Lipinski definition) is 5. The van der Waals surface area contributed by atoms with Crippen molar-refractivity contribution in [2.24, 2.45) is 0 Å². The first-order valence-corrected chi connectivity index (χ1v) is 5.68. The molecule has 0 atom stereocenters. The maximum Gasteiger partial charge on any atom is 0.150 e. The Labute approximate surface area is 96.5 Å². The molecule has 0 saturated carbocycles. The van der Waals surface area contributed by atoms with Crippen LogP contribution in [-0.2, 0) is 0 Å². The van der Waals surface area contributed by atoms with Crippen LogP contribution >= 0.6 is 0 Å². The van der Waals surface area contributed by atoms with Crippen molar-refractivity contribution < 1.29 is 0 Å².